The van der Waals surface area contributed by atoms with Gasteiger partial charge in [0.2, 0.25) is 0 Å². The molecule has 2 aromatic rings. The molecule has 1 aromatic heterocycles. The highest BCUT2D eigenvalue weighted by atomic mass is 127. The van der Waals surface area contributed by atoms with Crippen molar-refractivity contribution < 1.29 is 0 Å². The molecule has 0 saturated carbocycles. The van der Waals surface area contributed by atoms with E-state index in [1.54, 1.807) is 11.3 Å². The van der Waals surface area contributed by atoms with E-state index in [-0.39, 0.29) is 24.0 Å². The van der Waals surface area contributed by atoms with Gasteiger partial charge in [-0.2, -0.15) is 0 Å². The minimum absolute atomic E-state index is 0. The Bertz CT molecular complexity index is 755. The van der Waals surface area contributed by atoms with Crippen molar-refractivity contribution in [3.63, 3.8) is 0 Å². The predicted molar refractivity (Wildman–Crippen MR) is 130 cm³/mol. The van der Waals surface area contributed by atoms with Gasteiger partial charge in [-0.1, -0.05) is 30.7 Å². The third-order valence-electron chi connectivity index (χ3n) is 5.04. The van der Waals surface area contributed by atoms with Crippen molar-refractivity contribution in [1.82, 2.24) is 20.1 Å². The molecule has 5 nitrogen and oxygen atoms in total. The summed E-state index contributed by atoms with van der Waals surface area (Å²) in [5.74, 6) is 0.897. The fraction of sp³-hybridized carbons (Fsp3) is 0.524. The number of rotatable bonds is 6. The van der Waals surface area contributed by atoms with Crippen LogP contribution in [0.1, 0.15) is 41.1 Å². The minimum Gasteiger partial charge on any atom is -0.352 e. The first-order valence-corrected chi connectivity index (χ1v) is 10.7. The fourth-order valence-corrected chi connectivity index (χ4v) is 4.20. The molecule has 0 radical (unpaired) electrons. The van der Waals surface area contributed by atoms with Crippen molar-refractivity contribution >= 4 is 41.3 Å². The molecule has 154 valence electrons. The number of benzene rings is 1. The maximum Gasteiger partial charge on any atom is 0.194 e. The second-order valence-electron chi connectivity index (χ2n) is 7.22. The van der Waals surface area contributed by atoms with E-state index >= 15 is 0 Å². The van der Waals surface area contributed by atoms with Crippen molar-refractivity contribution in [2.75, 3.05) is 27.2 Å². The molecule has 1 aromatic carbocycles. The summed E-state index contributed by atoms with van der Waals surface area (Å²) in [4.78, 5) is 13.7. The van der Waals surface area contributed by atoms with Gasteiger partial charge in [0.1, 0.15) is 0 Å². The van der Waals surface area contributed by atoms with E-state index in [1.165, 1.54) is 43.5 Å². The second kappa shape index (κ2) is 11.7. The Labute approximate surface area is 190 Å². The highest BCUT2D eigenvalue weighted by molar-refractivity contribution is 14.0. The summed E-state index contributed by atoms with van der Waals surface area (Å²) < 4.78 is 0. The lowest BCUT2D eigenvalue weighted by Gasteiger charge is -2.27. The summed E-state index contributed by atoms with van der Waals surface area (Å²) in [6.45, 7) is 7.08. The molecule has 2 heterocycles. The van der Waals surface area contributed by atoms with Gasteiger partial charge < -0.3 is 10.2 Å². The summed E-state index contributed by atoms with van der Waals surface area (Å²) in [5, 5.41) is 6.75. The van der Waals surface area contributed by atoms with Crippen molar-refractivity contribution in [2.24, 2.45) is 4.99 Å². The lowest BCUT2D eigenvalue weighted by molar-refractivity contribution is 0.220. The van der Waals surface area contributed by atoms with Crippen LogP contribution in [-0.4, -0.2) is 47.9 Å². The number of hydrogen-bond donors (Lipinski definition) is 1. The first kappa shape index (κ1) is 23.1. The molecule has 1 N–H and O–H groups in total. The maximum atomic E-state index is 4.55. The molecule has 0 unspecified atom stereocenters. The van der Waals surface area contributed by atoms with Crippen molar-refractivity contribution in [3.8, 4) is 0 Å². The average Bonchev–Trinajstić information content (AvgIpc) is 3.09. The Kier molecular flexibility index (Phi) is 9.67. The molecule has 0 bridgehead atoms. The van der Waals surface area contributed by atoms with Crippen LogP contribution in [-0.2, 0) is 19.6 Å². The molecule has 3 rings (SSSR count). The first-order chi connectivity index (χ1) is 13.2. The van der Waals surface area contributed by atoms with Crippen LogP contribution in [0.5, 0.6) is 0 Å². The van der Waals surface area contributed by atoms with E-state index in [9.17, 15) is 0 Å². The highest BCUT2D eigenvalue weighted by Crippen LogP contribution is 2.16. The van der Waals surface area contributed by atoms with Crippen molar-refractivity contribution in [3.05, 3.63) is 51.5 Å². The van der Waals surface area contributed by atoms with Gasteiger partial charge in [-0.3, -0.25) is 9.89 Å². The lowest BCUT2D eigenvalue weighted by Crippen LogP contribution is -2.38. The summed E-state index contributed by atoms with van der Waals surface area (Å²) >= 11 is 1.69. The number of thiazole rings is 1. The van der Waals surface area contributed by atoms with Gasteiger partial charge in [0.15, 0.2) is 5.96 Å². The number of aryl methyl sites for hydroxylation is 1. The molecule has 0 amide bonds. The summed E-state index contributed by atoms with van der Waals surface area (Å²) in [6.07, 6.45) is 4.03. The van der Waals surface area contributed by atoms with Gasteiger partial charge in [-0.25, -0.2) is 4.98 Å². The molecule has 1 aliphatic heterocycles. The van der Waals surface area contributed by atoms with E-state index in [0.29, 0.717) is 0 Å². The zero-order chi connectivity index (χ0) is 19.1. The topological polar surface area (TPSA) is 43.8 Å². The SMILES string of the molecule is CN=C(NCc1ccccc1CN1CCCCC1)N(C)Cc1csc(C)n1.I. The number of guanidine groups is 1. The van der Waals surface area contributed by atoms with E-state index in [4.69, 9.17) is 0 Å². The zero-order valence-corrected chi connectivity index (χ0v) is 20.3. The Hall–Kier alpha value is -1.19. The van der Waals surface area contributed by atoms with E-state index in [1.807, 2.05) is 14.0 Å². The predicted octanol–water partition coefficient (Wildman–Crippen LogP) is 4.26. The Morgan fingerprint density at radius 2 is 1.93 bits per heavy atom. The van der Waals surface area contributed by atoms with Crippen LogP contribution in [0.2, 0.25) is 0 Å². The standard InChI is InChI=1S/C21H31N5S.HI/c1-17-24-20(16-27-17)15-25(3)21(22-2)23-13-18-9-5-6-10-19(18)14-26-11-7-4-8-12-26;/h5-6,9-10,16H,4,7-8,11-15H2,1-3H3,(H,22,23);1H. The van der Waals surface area contributed by atoms with Gasteiger partial charge in [0.05, 0.1) is 17.2 Å². The van der Waals surface area contributed by atoms with Crippen LogP contribution in [0.4, 0.5) is 0 Å². The van der Waals surface area contributed by atoms with Crippen LogP contribution in [0.3, 0.4) is 0 Å². The average molecular weight is 513 g/mol. The third kappa shape index (κ3) is 6.70. The van der Waals surface area contributed by atoms with Gasteiger partial charge in [0, 0.05) is 32.6 Å². The van der Waals surface area contributed by atoms with Crippen molar-refractivity contribution in [2.45, 2.75) is 45.8 Å². The van der Waals surface area contributed by atoms with Gasteiger partial charge in [-0.15, -0.1) is 35.3 Å². The number of likely N-dealkylation sites (tertiary alicyclic amines) is 1. The van der Waals surface area contributed by atoms with Crippen LogP contribution < -0.4 is 5.32 Å². The van der Waals surface area contributed by atoms with E-state index < -0.39 is 0 Å². The number of piperidine rings is 1. The van der Waals surface area contributed by atoms with Gasteiger partial charge >= 0.3 is 0 Å². The molecule has 0 aliphatic carbocycles. The quantitative estimate of drug-likeness (QED) is 0.356. The lowest BCUT2D eigenvalue weighted by atomic mass is 10.0. The number of hydrogen-bond acceptors (Lipinski definition) is 4. The molecular formula is C21H32IN5S. The summed E-state index contributed by atoms with van der Waals surface area (Å²) in [5.41, 5.74) is 3.86. The van der Waals surface area contributed by atoms with E-state index in [2.05, 4.69) is 61.8 Å². The number of nitrogens with zero attached hydrogens (tertiary/aromatic N) is 4. The van der Waals surface area contributed by atoms with Crippen LogP contribution in [0.25, 0.3) is 0 Å². The number of nitrogens with one attached hydrogen (secondary N) is 1. The Balaban J connectivity index is 0.00000280. The van der Waals surface area contributed by atoms with Gasteiger partial charge in [0.25, 0.3) is 0 Å². The monoisotopic (exact) mass is 513 g/mol. The first-order valence-electron chi connectivity index (χ1n) is 9.77. The number of aliphatic imine (C=N–C) groups is 1. The van der Waals surface area contributed by atoms with Crippen LogP contribution in [0.15, 0.2) is 34.6 Å². The molecular weight excluding hydrogens is 481 g/mol. The zero-order valence-electron chi connectivity index (χ0n) is 17.1. The maximum absolute atomic E-state index is 4.55. The number of aromatic nitrogens is 1. The van der Waals surface area contributed by atoms with E-state index in [0.717, 1.165) is 36.3 Å². The molecule has 0 spiro atoms. The van der Waals surface area contributed by atoms with Crippen LogP contribution in [0, 0.1) is 6.92 Å². The molecule has 1 fully saturated rings. The smallest absolute Gasteiger partial charge is 0.194 e. The molecule has 0 atom stereocenters. The normalized spacial score (nSPS) is 15.2. The minimum atomic E-state index is 0. The van der Waals surface area contributed by atoms with Gasteiger partial charge in [-0.05, 0) is 44.0 Å². The molecule has 7 heteroatoms. The fourth-order valence-electron chi connectivity index (χ4n) is 3.60. The summed E-state index contributed by atoms with van der Waals surface area (Å²) in [7, 11) is 3.90. The Morgan fingerprint density at radius 3 is 2.57 bits per heavy atom. The number of halogens is 1. The highest BCUT2D eigenvalue weighted by Gasteiger charge is 2.13. The largest absolute Gasteiger partial charge is 0.352 e. The van der Waals surface area contributed by atoms with Crippen molar-refractivity contribution in [1.29, 1.82) is 0 Å². The van der Waals surface area contributed by atoms with Crippen LogP contribution >= 0.6 is 35.3 Å². The summed E-state index contributed by atoms with van der Waals surface area (Å²) in [6, 6.07) is 8.76. The second-order valence-corrected chi connectivity index (χ2v) is 8.28. The third-order valence-corrected chi connectivity index (χ3v) is 5.86. The Morgan fingerprint density at radius 1 is 1.21 bits per heavy atom. The molecule has 28 heavy (non-hydrogen) atoms. The molecule has 1 saturated heterocycles. The molecule has 1 aliphatic rings.